The first-order chi connectivity index (χ1) is 14.3. The van der Waals surface area contributed by atoms with E-state index < -0.39 is 0 Å². The number of hydrogen-bond donors (Lipinski definition) is 1. The average Bonchev–Trinajstić information content (AvgIpc) is 3.33. The predicted octanol–water partition coefficient (Wildman–Crippen LogP) is 6.67. The molecule has 1 N–H and O–H groups in total. The van der Waals surface area contributed by atoms with Gasteiger partial charge in [-0.05, 0) is 62.1 Å². The number of fused-ring (bicyclic) bond motifs is 2. The van der Waals surface area contributed by atoms with Gasteiger partial charge in [0.15, 0.2) is 0 Å². The van der Waals surface area contributed by atoms with Crippen molar-refractivity contribution < 1.29 is 14.6 Å². The Morgan fingerprint density at radius 2 is 1.55 bits per heavy atom. The van der Waals surface area contributed by atoms with Crippen LogP contribution in [0, 0.1) is 11.8 Å². The maximum atomic E-state index is 9.35. The quantitative estimate of drug-likeness (QED) is 0.333. The van der Waals surface area contributed by atoms with Gasteiger partial charge in [-0.1, -0.05) is 64.0 Å². The van der Waals surface area contributed by atoms with Crippen molar-refractivity contribution in [2.75, 3.05) is 13.2 Å². The van der Waals surface area contributed by atoms with Gasteiger partial charge in [0.1, 0.15) is 5.75 Å². The monoisotopic (exact) mass is 402 g/mol. The van der Waals surface area contributed by atoms with Gasteiger partial charge in [0.25, 0.3) is 0 Å². The highest BCUT2D eigenvalue weighted by molar-refractivity contribution is 5.25. The summed E-state index contributed by atoms with van der Waals surface area (Å²) in [6, 6.07) is 7.66. The van der Waals surface area contributed by atoms with Crippen molar-refractivity contribution >= 4 is 0 Å². The fourth-order valence-corrected chi connectivity index (χ4v) is 5.25. The molecule has 0 unspecified atom stereocenters. The van der Waals surface area contributed by atoms with Gasteiger partial charge >= 0.3 is 0 Å². The molecule has 0 aliphatic carbocycles. The molecule has 0 amide bonds. The first-order valence-corrected chi connectivity index (χ1v) is 12.3. The molecule has 1 aromatic rings. The standard InChI is InChI=1S/C26H42O3/c1-2-3-4-10-19-28-20-24-23(25-17-18-26(24)29-25)12-9-7-5-6-8-11-21-13-15-22(27)16-14-21/h13-16,23-27H,2-12,17-20H2,1H3/t23-,24+,25-,26+/m1/s1. The Morgan fingerprint density at radius 1 is 0.862 bits per heavy atom. The normalized spacial score (nSPS) is 25.7. The summed E-state index contributed by atoms with van der Waals surface area (Å²) in [5, 5.41) is 9.35. The number of unbranched alkanes of at least 4 members (excludes halogenated alkanes) is 7. The van der Waals surface area contributed by atoms with Crippen molar-refractivity contribution in [1.82, 2.24) is 0 Å². The second-order valence-electron chi connectivity index (χ2n) is 9.23. The number of hydrogen-bond acceptors (Lipinski definition) is 3. The Balaban J connectivity index is 1.25. The van der Waals surface area contributed by atoms with Gasteiger partial charge in [-0.15, -0.1) is 0 Å². The lowest BCUT2D eigenvalue weighted by Gasteiger charge is -2.28. The summed E-state index contributed by atoms with van der Waals surface area (Å²) < 4.78 is 12.3. The van der Waals surface area contributed by atoms with Crippen LogP contribution in [0.25, 0.3) is 0 Å². The minimum absolute atomic E-state index is 0.360. The Bertz CT molecular complexity index is 556. The number of phenols is 1. The van der Waals surface area contributed by atoms with Crippen molar-refractivity contribution in [3.63, 3.8) is 0 Å². The van der Waals surface area contributed by atoms with E-state index in [1.807, 2.05) is 12.1 Å². The van der Waals surface area contributed by atoms with E-state index in [1.54, 1.807) is 12.1 Å². The van der Waals surface area contributed by atoms with Crippen LogP contribution in [0.4, 0.5) is 0 Å². The summed E-state index contributed by atoms with van der Waals surface area (Å²) >= 11 is 0. The summed E-state index contributed by atoms with van der Waals surface area (Å²) in [6.45, 7) is 4.11. The molecule has 2 saturated heterocycles. The minimum Gasteiger partial charge on any atom is -0.508 e. The van der Waals surface area contributed by atoms with E-state index in [1.165, 1.54) is 82.6 Å². The zero-order valence-corrected chi connectivity index (χ0v) is 18.5. The first kappa shape index (κ1) is 22.6. The van der Waals surface area contributed by atoms with Gasteiger partial charge in [0.2, 0.25) is 0 Å². The van der Waals surface area contributed by atoms with E-state index in [-0.39, 0.29) is 0 Å². The van der Waals surface area contributed by atoms with Crippen LogP contribution in [0.5, 0.6) is 5.75 Å². The first-order valence-electron chi connectivity index (χ1n) is 12.3. The number of rotatable bonds is 15. The summed E-state index contributed by atoms with van der Waals surface area (Å²) in [4.78, 5) is 0. The minimum atomic E-state index is 0.360. The van der Waals surface area contributed by atoms with Crippen LogP contribution < -0.4 is 0 Å². The molecule has 2 aliphatic rings. The Labute approximate surface area is 178 Å². The molecule has 1 aromatic carbocycles. The molecule has 2 bridgehead atoms. The van der Waals surface area contributed by atoms with Crippen molar-refractivity contribution in [2.45, 2.75) is 103 Å². The number of aryl methyl sites for hydroxylation is 1. The molecule has 0 saturated carbocycles. The van der Waals surface area contributed by atoms with Gasteiger partial charge in [-0.3, -0.25) is 0 Å². The largest absolute Gasteiger partial charge is 0.508 e. The van der Waals surface area contributed by atoms with Crippen LogP contribution in [0.1, 0.15) is 89.5 Å². The lowest BCUT2D eigenvalue weighted by atomic mass is 9.77. The fraction of sp³-hybridized carbons (Fsp3) is 0.769. The van der Waals surface area contributed by atoms with Crippen LogP contribution in [-0.2, 0) is 15.9 Å². The predicted molar refractivity (Wildman–Crippen MR) is 119 cm³/mol. The molecule has 3 rings (SSSR count). The Morgan fingerprint density at radius 3 is 2.34 bits per heavy atom. The molecule has 2 fully saturated rings. The maximum Gasteiger partial charge on any atom is 0.115 e. The highest BCUT2D eigenvalue weighted by Crippen LogP contribution is 2.45. The van der Waals surface area contributed by atoms with Crippen LogP contribution in [0.2, 0.25) is 0 Å². The number of phenolic OH excluding ortho intramolecular Hbond substituents is 1. The lowest BCUT2D eigenvalue weighted by Crippen LogP contribution is -2.31. The van der Waals surface area contributed by atoms with E-state index >= 15 is 0 Å². The molecule has 0 aromatic heterocycles. The van der Waals surface area contributed by atoms with Crippen LogP contribution >= 0.6 is 0 Å². The molecule has 3 heteroatoms. The van der Waals surface area contributed by atoms with Crippen molar-refractivity contribution in [3.05, 3.63) is 29.8 Å². The summed E-state index contributed by atoms with van der Waals surface area (Å²) in [7, 11) is 0. The van der Waals surface area contributed by atoms with E-state index in [0.717, 1.165) is 25.6 Å². The van der Waals surface area contributed by atoms with E-state index in [4.69, 9.17) is 9.47 Å². The van der Waals surface area contributed by atoms with Crippen LogP contribution in [-0.4, -0.2) is 30.5 Å². The van der Waals surface area contributed by atoms with E-state index in [0.29, 0.717) is 23.9 Å². The maximum absolute atomic E-state index is 9.35. The summed E-state index contributed by atoms with van der Waals surface area (Å²) in [5.41, 5.74) is 1.33. The van der Waals surface area contributed by atoms with Gasteiger partial charge in [0, 0.05) is 12.5 Å². The topological polar surface area (TPSA) is 38.7 Å². The zero-order chi connectivity index (χ0) is 20.3. The summed E-state index contributed by atoms with van der Waals surface area (Å²) in [5.74, 6) is 1.74. The molecular formula is C26H42O3. The third-order valence-electron chi connectivity index (χ3n) is 6.98. The molecule has 164 valence electrons. The zero-order valence-electron chi connectivity index (χ0n) is 18.5. The van der Waals surface area contributed by atoms with Gasteiger partial charge in [0.05, 0.1) is 18.8 Å². The van der Waals surface area contributed by atoms with Crippen LogP contribution in [0.15, 0.2) is 24.3 Å². The van der Waals surface area contributed by atoms with Gasteiger partial charge in [-0.25, -0.2) is 0 Å². The second kappa shape index (κ2) is 12.6. The smallest absolute Gasteiger partial charge is 0.115 e. The molecule has 0 radical (unpaired) electrons. The number of aromatic hydroxyl groups is 1. The van der Waals surface area contributed by atoms with Crippen LogP contribution in [0.3, 0.4) is 0 Å². The molecule has 4 atom stereocenters. The molecular weight excluding hydrogens is 360 g/mol. The SMILES string of the molecule is CCCCCCOC[C@H]1[C@@H](CCCCCCCc2ccc(O)cc2)[C@H]2CC[C@@H]1O2. The Kier molecular flexibility index (Phi) is 9.82. The number of benzene rings is 1. The van der Waals surface area contributed by atoms with Crippen molar-refractivity contribution in [3.8, 4) is 5.75 Å². The summed E-state index contributed by atoms with van der Waals surface area (Å²) in [6.07, 6.45) is 17.7. The van der Waals surface area contributed by atoms with Gasteiger partial charge in [-0.2, -0.15) is 0 Å². The molecule has 3 nitrogen and oxygen atoms in total. The van der Waals surface area contributed by atoms with E-state index in [9.17, 15) is 5.11 Å². The molecule has 2 heterocycles. The van der Waals surface area contributed by atoms with E-state index in [2.05, 4.69) is 6.92 Å². The number of ether oxygens (including phenoxy) is 2. The molecule has 2 aliphatic heterocycles. The Hall–Kier alpha value is -1.06. The second-order valence-corrected chi connectivity index (χ2v) is 9.23. The third-order valence-corrected chi connectivity index (χ3v) is 6.98. The molecule has 29 heavy (non-hydrogen) atoms. The van der Waals surface area contributed by atoms with Gasteiger partial charge < -0.3 is 14.6 Å². The van der Waals surface area contributed by atoms with Crippen molar-refractivity contribution in [2.24, 2.45) is 11.8 Å². The molecule has 0 spiro atoms. The highest BCUT2D eigenvalue weighted by Gasteiger charge is 2.48. The third kappa shape index (κ3) is 7.29. The fourth-order valence-electron chi connectivity index (χ4n) is 5.25. The lowest BCUT2D eigenvalue weighted by molar-refractivity contribution is 0.0473. The van der Waals surface area contributed by atoms with Crippen molar-refractivity contribution in [1.29, 1.82) is 0 Å². The average molecular weight is 403 g/mol. The highest BCUT2D eigenvalue weighted by atomic mass is 16.5.